The van der Waals surface area contributed by atoms with Gasteiger partial charge < -0.3 is 5.32 Å². The summed E-state index contributed by atoms with van der Waals surface area (Å²) >= 11 is 0. The van der Waals surface area contributed by atoms with Crippen LogP contribution in [-0.4, -0.2) is 0 Å². The zero-order valence-electron chi connectivity index (χ0n) is 8.77. The number of rotatable bonds is 3. The molecule has 0 unspecified atom stereocenters. The van der Waals surface area contributed by atoms with Gasteiger partial charge in [0, 0.05) is 12.3 Å². The van der Waals surface area contributed by atoms with Gasteiger partial charge in [0.15, 0.2) is 0 Å². The predicted molar refractivity (Wildman–Crippen MR) is 58.1 cm³/mol. The number of allylic oxidation sites excluding steroid dienone is 1. The Morgan fingerprint density at radius 2 is 2.07 bits per heavy atom. The van der Waals surface area contributed by atoms with E-state index in [0.717, 1.165) is 11.6 Å². The fourth-order valence-corrected chi connectivity index (χ4v) is 1.32. The van der Waals surface area contributed by atoms with Crippen molar-refractivity contribution in [2.75, 3.05) is 0 Å². The van der Waals surface area contributed by atoms with Crippen LogP contribution in [-0.2, 0) is 0 Å². The minimum atomic E-state index is -0.570. The lowest BCUT2D eigenvalue weighted by atomic mass is 10.0. The third-order valence-electron chi connectivity index (χ3n) is 2.15. The van der Waals surface area contributed by atoms with E-state index in [4.69, 9.17) is 0 Å². The standard InChI is InChI=1S/C12H13F2N/c1-4-15-7-8(2)11-5-10(13)6-12(14)9(11)3/h4-7,15H,1H2,2-3H3/b8-7-. The molecule has 0 saturated carbocycles. The number of halogens is 2. The SMILES string of the molecule is C=CN/C=C(/C)c1cc(F)cc(F)c1C. The van der Waals surface area contributed by atoms with Crippen molar-refractivity contribution in [2.45, 2.75) is 13.8 Å². The molecule has 3 heteroatoms. The second kappa shape index (κ2) is 4.73. The summed E-state index contributed by atoms with van der Waals surface area (Å²) in [5.74, 6) is -1.10. The Morgan fingerprint density at radius 1 is 1.40 bits per heavy atom. The highest BCUT2D eigenvalue weighted by molar-refractivity contribution is 5.66. The summed E-state index contributed by atoms with van der Waals surface area (Å²) in [5, 5.41) is 2.77. The van der Waals surface area contributed by atoms with Crippen LogP contribution in [0.5, 0.6) is 0 Å². The number of hydrogen-bond acceptors (Lipinski definition) is 1. The minimum absolute atomic E-state index is 0.441. The van der Waals surface area contributed by atoms with Crippen LogP contribution in [0.2, 0.25) is 0 Å². The monoisotopic (exact) mass is 209 g/mol. The van der Waals surface area contributed by atoms with Crippen LogP contribution < -0.4 is 5.32 Å². The molecule has 1 nitrogen and oxygen atoms in total. The van der Waals surface area contributed by atoms with Crippen LogP contribution >= 0.6 is 0 Å². The van der Waals surface area contributed by atoms with Gasteiger partial charge in [-0.3, -0.25) is 0 Å². The molecule has 0 fully saturated rings. The Hall–Kier alpha value is -1.64. The lowest BCUT2D eigenvalue weighted by Crippen LogP contribution is -1.97. The molecule has 0 atom stereocenters. The Balaban J connectivity index is 3.18. The fraction of sp³-hybridized carbons (Fsp3) is 0.167. The molecule has 1 aromatic rings. The molecule has 0 spiro atoms. The summed E-state index contributed by atoms with van der Waals surface area (Å²) in [6, 6.07) is 2.20. The number of nitrogens with one attached hydrogen (secondary N) is 1. The molecule has 0 aliphatic heterocycles. The predicted octanol–water partition coefficient (Wildman–Crippen LogP) is 3.37. The van der Waals surface area contributed by atoms with Gasteiger partial charge in [0.05, 0.1) is 0 Å². The van der Waals surface area contributed by atoms with E-state index < -0.39 is 11.6 Å². The molecule has 80 valence electrons. The van der Waals surface area contributed by atoms with E-state index >= 15 is 0 Å². The third-order valence-corrected chi connectivity index (χ3v) is 2.15. The zero-order valence-corrected chi connectivity index (χ0v) is 8.77. The minimum Gasteiger partial charge on any atom is -0.368 e. The Morgan fingerprint density at radius 3 is 2.67 bits per heavy atom. The molecule has 1 aromatic carbocycles. The number of hydrogen-bond donors (Lipinski definition) is 1. The second-order valence-corrected chi connectivity index (χ2v) is 3.26. The van der Waals surface area contributed by atoms with Gasteiger partial charge in [0.2, 0.25) is 0 Å². The summed E-state index contributed by atoms with van der Waals surface area (Å²) in [5.41, 5.74) is 1.75. The highest BCUT2D eigenvalue weighted by atomic mass is 19.1. The smallest absolute Gasteiger partial charge is 0.129 e. The van der Waals surface area contributed by atoms with E-state index in [9.17, 15) is 8.78 Å². The molecule has 0 bridgehead atoms. The van der Waals surface area contributed by atoms with Gasteiger partial charge in [-0.1, -0.05) is 6.58 Å². The van der Waals surface area contributed by atoms with E-state index in [1.165, 1.54) is 12.3 Å². The molecule has 0 aromatic heterocycles. The van der Waals surface area contributed by atoms with Gasteiger partial charge in [0.1, 0.15) is 11.6 Å². The van der Waals surface area contributed by atoms with E-state index in [1.54, 1.807) is 20.0 Å². The first-order chi connectivity index (χ1) is 7.06. The van der Waals surface area contributed by atoms with Gasteiger partial charge in [-0.25, -0.2) is 8.78 Å². The lowest BCUT2D eigenvalue weighted by Gasteiger charge is -2.07. The van der Waals surface area contributed by atoms with E-state index in [0.29, 0.717) is 11.1 Å². The van der Waals surface area contributed by atoms with Gasteiger partial charge >= 0.3 is 0 Å². The molecule has 0 aliphatic rings. The Labute approximate surface area is 88.1 Å². The molecule has 0 radical (unpaired) electrons. The summed E-state index contributed by atoms with van der Waals surface area (Å²) in [4.78, 5) is 0. The largest absolute Gasteiger partial charge is 0.368 e. The fourth-order valence-electron chi connectivity index (χ4n) is 1.32. The highest BCUT2D eigenvalue weighted by Gasteiger charge is 2.08. The molecular weight excluding hydrogens is 196 g/mol. The molecule has 0 amide bonds. The quantitative estimate of drug-likeness (QED) is 0.804. The van der Waals surface area contributed by atoms with Gasteiger partial charge in [-0.05, 0) is 42.8 Å². The first-order valence-electron chi connectivity index (χ1n) is 4.56. The van der Waals surface area contributed by atoms with Crippen LogP contribution in [0.4, 0.5) is 8.78 Å². The van der Waals surface area contributed by atoms with Gasteiger partial charge in [-0.2, -0.15) is 0 Å². The van der Waals surface area contributed by atoms with Crippen molar-refractivity contribution in [1.29, 1.82) is 0 Å². The van der Waals surface area contributed by atoms with Crippen LogP contribution in [0.15, 0.2) is 31.1 Å². The van der Waals surface area contributed by atoms with Crippen molar-refractivity contribution < 1.29 is 8.78 Å². The highest BCUT2D eigenvalue weighted by Crippen LogP contribution is 2.21. The van der Waals surface area contributed by atoms with E-state index in [2.05, 4.69) is 11.9 Å². The summed E-state index contributed by atoms with van der Waals surface area (Å²) in [6.07, 6.45) is 3.14. The molecular formula is C12H13F2N. The van der Waals surface area contributed by atoms with Crippen LogP contribution in [0, 0.1) is 18.6 Å². The zero-order chi connectivity index (χ0) is 11.4. The molecule has 15 heavy (non-hydrogen) atoms. The average Bonchev–Trinajstić information content (AvgIpc) is 2.19. The first-order valence-corrected chi connectivity index (χ1v) is 4.56. The van der Waals surface area contributed by atoms with Crippen LogP contribution in [0.1, 0.15) is 18.1 Å². The maximum absolute atomic E-state index is 13.2. The maximum atomic E-state index is 13.2. The second-order valence-electron chi connectivity index (χ2n) is 3.26. The lowest BCUT2D eigenvalue weighted by molar-refractivity contribution is 0.576. The van der Waals surface area contributed by atoms with Crippen molar-refractivity contribution in [3.8, 4) is 0 Å². The first kappa shape index (κ1) is 11.4. The molecule has 1 N–H and O–H groups in total. The van der Waals surface area contributed by atoms with Crippen molar-refractivity contribution in [2.24, 2.45) is 0 Å². The molecule has 0 aliphatic carbocycles. The topological polar surface area (TPSA) is 12.0 Å². The summed E-state index contributed by atoms with van der Waals surface area (Å²) < 4.78 is 26.2. The van der Waals surface area contributed by atoms with Crippen molar-refractivity contribution in [3.05, 3.63) is 53.9 Å². The van der Waals surface area contributed by atoms with Gasteiger partial charge in [0.25, 0.3) is 0 Å². The normalized spacial score (nSPS) is 11.3. The third kappa shape index (κ3) is 2.65. The van der Waals surface area contributed by atoms with Crippen molar-refractivity contribution >= 4 is 5.57 Å². The van der Waals surface area contributed by atoms with Crippen molar-refractivity contribution in [3.63, 3.8) is 0 Å². The molecule has 1 rings (SSSR count). The average molecular weight is 209 g/mol. The van der Waals surface area contributed by atoms with Crippen LogP contribution in [0.3, 0.4) is 0 Å². The molecule has 0 saturated heterocycles. The molecule has 0 heterocycles. The maximum Gasteiger partial charge on any atom is 0.129 e. The summed E-state index contributed by atoms with van der Waals surface area (Å²) in [6.45, 7) is 6.88. The van der Waals surface area contributed by atoms with Crippen molar-refractivity contribution in [1.82, 2.24) is 5.32 Å². The summed E-state index contributed by atoms with van der Waals surface area (Å²) in [7, 11) is 0. The van der Waals surface area contributed by atoms with E-state index in [1.807, 2.05) is 0 Å². The Bertz CT molecular complexity index is 408. The van der Waals surface area contributed by atoms with Gasteiger partial charge in [-0.15, -0.1) is 0 Å². The Kier molecular flexibility index (Phi) is 3.61. The number of benzene rings is 1. The van der Waals surface area contributed by atoms with Crippen LogP contribution in [0.25, 0.3) is 5.57 Å². The van der Waals surface area contributed by atoms with E-state index in [-0.39, 0.29) is 0 Å².